The van der Waals surface area contributed by atoms with Crippen LogP contribution in [0.4, 0.5) is 0 Å². The number of rotatable bonds is 0. The first-order valence-electron chi connectivity index (χ1n) is 8.72. The Hall–Kier alpha value is 0.0331. The van der Waals surface area contributed by atoms with Gasteiger partial charge >= 0.3 is 46.5 Å². The van der Waals surface area contributed by atoms with Gasteiger partial charge in [0, 0.05) is 0 Å². The standard InChI is InChI=1S/2C10H15.C2H4.2ClH.Zr/c2*1-8-5-6-9(7-8)10(2,3)4;1-2;;;/h2*5-7H,1-4H3;1H,2H3;2*1H;/q2*-1;;;;+2/p-2. The van der Waals surface area contributed by atoms with Crippen molar-refractivity contribution in [2.75, 3.05) is 0 Å². The van der Waals surface area contributed by atoms with Gasteiger partial charge in [0.25, 0.3) is 0 Å². The van der Waals surface area contributed by atoms with Gasteiger partial charge in [-0.15, -0.1) is 0 Å². The van der Waals surface area contributed by atoms with E-state index in [1.807, 2.05) is 10.6 Å². The summed E-state index contributed by atoms with van der Waals surface area (Å²) >= 11 is -1.76. The third kappa shape index (κ3) is 11.4. The van der Waals surface area contributed by atoms with Gasteiger partial charge in [-0.25, -0.2) is 12.1 Å². The van der Waals surface area contributed by atoms with E-state index in [0.29, 0.717) is 10.8 Å². The molecule has 0 atom stereocenters. The first-order chi connectivity index (χ1) is 11.3. The van der Waals surface area contributed by atoms with Gasteiger partial charge in [0.2, 0.25) is 0 Å². The van der Waals surface area contributed by atoms with Crippen molar-refractivity contribution in [2.45, 2.75) is 73.1 Å². The Morgan fingerprint density at radius 1 is 0.800 bits per heavy atom. The molecule has 0 spiro atoms. The van der Waals surface area contributed by atoms with Crippen LogP contribution in [0.5, 0.6) is 0 Å². The molecule has 0 aliphatic heterocycles. The molecule has 0 aliphatic rings. The Morgan fingerprint density at radius 2 is 1.08 bits per heavy atom. The van der Waals surface area contributed by atoms with E-state index in [0.717, 1.165) is 0 Å². The predicted octanol–water partition coefficient (Wildman–Crippen LogP) is 7.76. The van der Waals surface area contributed by atoms with Crippen LogP contribution in [0.3, 0.4) is 0 Å². The second kappa shape index (κ2) is 11.0. The summed E-state index contributed by atoms with van der Waals surface area (Å²) in [6.07, 6.45) is 0. The maximum absolute atomic E-state index is 5.37. The van der Waals surface area contributed by atoms with Crippen LogP contribution in [0.1, 0.15) is 70.7 Å². The van der Waals surface area contributed by atoms with Crippen molar-refractivity contribution in [3.63, 3.8) is 0 Å². The number of aryl methyl sites for hydroxylation is 2. The van der Waals surface area contributed by atoms with Crippen LogP contribution in [-0.2, 0) is 29.7 Å². The Bertz CT molecular complexity index is 592. The zero-order chi connectivity index (χ0) is 19.8. The molecule has 3 heteroatoms. The van der Waals surface area contributed by atoms with Gasteiger partial charge in [0.05, 0.1) is 0 Å². The van der Waals surface area contributed by atoms with Crippen molar-refractivity contribution < 1.29 is 18.9 Å². The van der Waals surface area contributed by atoms with Crippen molar-refractivity contribution in [2.24, 2.45) is 0 Å². The normalized spacial score (nSPS) is 11.0. The van der Waals surface area contributed by atoms with Gasteiger partial charge in [-0.3, -0.25) is 0 Å². The molecule has 0 saturated carbocycles. The van der Waals surface area contributed by atoms with Crippen molar-refractivity contribution >= 4 is 20.7 Å². The minimum absolute atomic E-state index is 0.314. The van der Waals surface area contributed by atoms with Crippen molar-refractivity contribution in [1.82, 2.24) is 0 Å². The van der Waals surface area contributed by atoms with E-state index in [2.05, 4.69) is 91.8 Å². The van der Waals surface area contributed by atoms with Crippen LogP contribution in [0, 0.1) is 13.8 Å². The number of hydrogen-bond donors (Lipinski definition) is 0. The second-order valence-corrected chi connectivity index (χ2v) is 17.2. The molecule has 142 valence electrons. The molecule has 0 aromatic heterocycles. The minimum atomic E-state index is -1.76. The molecule has 2 aromatic rings. The summed E-state index contributed by atoms with van der Waals surface area (Å²) in [5.74, 6) is 0. The Morgan fingerprint density at radius 3 is 1.16 bits per heavy atom. The van der Waals surface area contributed by atoms with E-state index in [-0.39, 0.29) is 0 Å². The molecule has 25 heavy (non-hydrogen) atoms. The molecule has 0 aliphatic carbocycles. The summed E-state index contributed by atoms with van der Waals surface area (Å²) in [5, 5.41) is 0. The van der Waals surface area contributed by atoms with Gasteiger partial charge < -0.3 is 0 Å². The molecule has 0 radical (unpaired) electrons. The second-order valence-electron chi connectivity index (χ2n) is 8.43. The van der Waals surface area contributed by atoms with Gasteiger partial charge in [-0.1, -0.05) is 66.2 Å². The molecular formula is C22H34Cl2Zr-2. The van der Waals surface area contributed by atoms with E-state index in [1.54, 1.807) is 0 Å². The maximum Gasteiger partial charge on any atom is -0.0635 e. The smallest absolute Gasteiger partial charge is 0.0635 e. The van der Waals surface area contributed by atoms with Crippen LogP contribution in [0.15, 0.2) is 36.4 Å². The van der Waals surface area contributed by atoms with Crippen LogP contribution in [0.2, 0.25) is 0 Å². The quantitative estimate of drug-likeness (QED) is 0.353. The summed E-state index contributed by atoms with van der Waals surface area (Å²) in [6.45, 7) is 19.6. The molecular weight excluding hydrogens is 426 g/mol. The van der Waals surface area contributed by atoms with Gasteiger partial charge in [-0.05, 0) is 0 Å². The first kappa shape index (κ1) is 25.0. The molecule has 2 aromatic carbocycles. The van der Waals surface area contributed by atoms with E-state index in [4.69, 9.17) is 17.0 Å². The average Bonchev–Trinajstić information content (AvgIpc) is 3.07. The largest absolute Gasteiger partial charge is 0.207 e. The summed E-state index contributed by atoms with van der Waals surface area (Å²) < 4.78 is 1.89. The van der Waals surface area contributed by atoms with E-state index in [9.17, 15) is 0 Å². The average molecular weight is 461 g/mol. The molecule has 0 N–H and O–H groups in total. The predicted molar refractivity (Wildman–Crippen MR) is 114 cm³/mol. The molecule has 0 saturated heterocycles. The molecule has 2 rings (SSSR count). The zero-order valence-corrected chi connectivity index (χ0v) is 21.3. The van der Waals surface area contributed by atoms with Gasteiger partial charge in [0.1, 0.15) is 0 Å². The van der Waals surface area contributed by atoms with Gasteiger partial charge in [-0.2, -0.15) is 46.5 Å². The third-order valence-corrected chi connectivity index (χ3v) is 7.42. The zero-order valence-electron chi connectivity index (χ0n) is 17.3. The Kier molecular flexibility index (Phi) is 11.0. The topological polar surface area (TPSA) is 0 Å². The van der Waals surface area contributed by atoms with Crippen LogP contribution < -0.4 is 0 Å². The number of hydrogen-bond acceptors (Lipinski definition) is 0. The van der Waals surface area contributed by atoms with Crippen molar-refractivity contribution in [3.8, 4) is 0 Å². The summed E-state index contributed by atoms with van der Waals surface area (Å²) in [6, 6.07) is 13.2. The van der Waals surface area contributed by atoms with Crippen LogP contribution >= 0.6 is 17.0 Å². The molecule has 0 unspecified atom stereocenters. The fourth-order valence-electron chi connectivity index (χ4n) is 2.06. The fraction of sp³-hybridized carbons (Fsp3) is 0.500. The Balaban J connectivity index is 0.000000368. The first-order valence-corrected chi connectivity index (χ1v) is 16.5. The van der Waals surface area contributed by atoms with Crippen molar-refractivity contribution in [3.05, 3.63) is 58.7 Å². The van der Waals surface area contributed by atoms with Crippen LogP contribution in [-0.4, -0.2) is 3.71 Å². The summed E-state index contributed by atoms with van der Waals surface area (Å²) in [5.41, 5.74) is 6.23. The SMILES string of the molecule is C[CH]=[Zr]([Cl])[Cl].Cc1cc(C(C)(C)C)c[cH-]1.Cc1cc(C(C)(C)C)c[cH-]1. The molecule has 0 nitrogen and oxygen atoms in total. The molecule has 0 amide bonds. The molecule has 0 fully saturated rings. The van der Waals surface area contributed by atoms with Crippen molar-refractivity contribution in [1.29, 1.82) is 0 Å². The van der Waals surface area contributed by atoms with E-state index < -0.39 is 18.9 Å². The van der Waals surface area contributed by atoms with Crippen LogP contribution in [0.25, 0.3) is 0 Å². The number of halogens is 2. The van der Waals surface area contributed by atoms with E-state index in [1.165, 1.54) is 22.3 Å². The third-order valence-electron chi connectivity index (χ3n) is 3.77. The minimum Gasteiger partial charge on any atom is -0.207 e. The van der Waals surface area contributed by atoms with E-state index >= 15 is 0 Å². The monoisotopic (exact) mass is 458 g/mol. The Labute approximate surface area is 170 Å². The summed E-state index contributed by atoms with van der Waals surface area (Å²) in [4.78, 5) is 0. The molecule has 0 bridgehead atoms. The maximum atomic E-state index is 5.37. The van der Waals surface area contributed by atoms with Gasteiger partial charge in [0.15, 0.2) is 0 Å². The molecule has 0 heterocycles. The fourth-order valence-corrected chi connectivity index (χ4v) is 2.06. The summed E-state index contributed by atoms with van der Waals surface area (Å²) in [7, 11) is 10.7.